The smallest absolute Gasteiger partial charge is 0.341 e. The summed E-state index contributed by atoms with van der Waals surface area (Å²) < 4.78 is 1.64. The summed E-state index contributed by atoms with van der Waals surface area (Å²) in [5.41, 5.74) is 3.29. The zero-order valence-electron chi connectivity index (χ0n) is 10.4. The number of hydrogen-bond donors (Lipinski definition) is 2. The van der Waals surface area contributed by atoms with Gasteiger partial charge in [-0.3, -0.25) is 0 Å². The molecule has 2 N–H and O–H groups in total. The van der Waals surface area contributed by atoms with E-state index in [9.17, 15) is 4.79 Å². The van der Waals surface area contributed by atoms with Crippen molar-refractivity contribution in [3.63, 3.8) is 0 Å². The Morgan fingerprint density at radius 3 is 3.05 bits per heavy atom. The number of nitrogens with one attached hydrogen (secondary N) is 1. The van der Waals surface area contributed by atoms with Gasteiger partial charge in [-0.1, -0.05) is 23.8 Å². The van der Waals surface area contributed by atoms with Crippen molar-refractivity contribution in [3.05, 3.63) is 53.2 Å². The van der Waals surface area contributed by atoms with E-state index in [1.807, 2.05) is 31.2 Å². The summed E-state index contributed by atoms with van der Waals surface area (Å²) in [6, 6.07) is 8.06. The monoisotopic (exact) mass is 255 g/mol. The number of benzene rings is 1. The number of aromatic nitrogens is 2. The lowest BCUT2D eigenvalue weighted by Crippen LogP contribution is -2.16. The highest BCUT2D eigenvalue weighted by atomic mass is 16.4. The quantitative estimate of drug-likeness (QED) is 0.863. The van der Waals surface area contributed by atoms with Crippen LogP contribution < -0.4 is 5.32 Å². The summed E-state index contributed by atoms with van der Waals surface area (Å²) in [5.74, 6) is -0.439. The van der Waals surface area contributed by atoms with Crippen LogP contribution in [0.2, 0.25) is 0 Å². The van der Waals surface area contributed by atoms with Gasteiger partial charge in [-0.05, 0) is 19.1 Å². The van der Waals surface area contributed by atoms with Crippen molar-refractivity contribution in [1.82, 2.24) is 9.78 Å². The van der Waals surface area contributed by atoms with Gasteiger partial charge in [0.25, 0.3) is 0 Å². The van der Waals surface area contributed by atoms with Crippen LogP contribution in [0.5, 0.6) is 0 Å². The molecule has 3 rings (SSSR count). The molecule has 0 amide bonds. The second-order valence-electron chi connectivity index (χ2n) is 4.46. The molecule has 0 aliphatic carbocycles. The van der Waals surface area contributed by atoms with Gasteiger partial charge in [-0.25, -0.2) is 9.48 Å². The van der Waals surface area contributed by atoms with Crippen LogP contribution in [0.3, 0.4) is 0 Å². The van der Waals surface area contributed by atoms with Crippen LogP contribution in [-0.4, -0.2) is 27.4 Å². The van der Waals surface area contributed by atoms with E-state index in [1.54, 1.807) is 4.68 Å². The van der Waals surface area contributed by atoms with Crippen molar-refractivity contribution in [2.24, 2.45) is 0 Å². The summed E-state index contributed by atoms with van der Waals surface area (Å²) >= 11 is 0. The zero-order chi connectivity index (χ0) is 13.4. The first-order valence-corrected chi connectivity index (χ1v) is 5.99. The van der Waals surface area contributed by atoms with Crippen LogP contribution in [0, 0.1) is 6.92 Å². The molecule has 0 fully saturated rings. The Hall–Kier alpha value is -2.56. The van der Waals surface area contributed by atoms with E-state index < -0.39 is 5.97 Å². The Morgan fingerprint density at radius 1 is 1.47 bits per heavy atom. The Labute approximate surface area is 110 Å². The summed E-state index contributed by atoms with van der Waals surface area (Å²) in [5, 5.41) is 16.3. The number of rotatable bonds is 2. The first-order valence-electron chi connectivity index (χ1n) is 5.99. The van der Waals surface area contributed by atoms with E-state index in [0.29, 0.717) is 12.4 Å². The average molecular weight is 255 g/mol. The lowest BCUT2D eigenvalue weighted by Gasteiger charge is -2.18. The molecule has 5 heteroatoms. The van der Waals surface area contributed by atoms with E-state index in [-0.39, 0.29) is 5.56 Å². The molecular weight excluding hydrogens is 242 g/mol. The zero-order valence-corrected chi connectivity index (χ0v) is 10.4. The third kappa shape index (κ3) is 1.89. The highest BCUT2D eigenvalue weighted by Gasteiger charge is 2.21. The van der Waals surface area contributed by atoms with Crippen LogP contribution in [0.4, 0.5) is 5.82 Å². The number of hydrogen-bond acceptors (Lipinski definition) is 3. The van der Waals surface area contributed by atoms with Crippen LogP contribution >= 0.6 is 0 Å². The number of aryl methyl sites for hydroxylation is 1. The summed E-state index contributed by atoms with van der Waals surface area (Å²) in [4.78, 5) is 11.1. The molecule has 1 aliphatic rings. The number of anilines is 1. The Morgan fingerprint density at radius 2 is 2.32 bits per heavy atom. The summed E-state index contributed by atoms with van der Waals surface area (Å²) in [7, 11) is 0. The van der Waals surface area contributed by atoms with Crippen molar-refractivity contribution in [1.29, 1.82) is 0 Å². The fraction of sp³-hybridized carbons (Fsp3) is 0.143. The minimum atomic E-state index is -0.973. The molecular formula is C14H13N3O2. The second-order valence-corrected chi connectivity index (χ2v) is 4.46. The van der Waals surface area contributed by atoms with E-state index in [4.69, 9.17) is 5.11 Å². The Balaban J connectivity index is 2.11. The van der Waals surface area contributed by atoms with Crippen molar-refractivity contribution in [3.8, 4) is 0 Å². The van der Waals surface area contributed by atoms with Crippen molar-refractivity contribution in [2.75, 3.05) is 11.9 Å². The number of carboxylic acids is 1. The molecule has 1 aromatic heterocycles. The number of carboxylic acid groups (broad SMARTS) is 1. The maximum atomic E-state index is 11.1. The van der Waals surface area contributed by atoms with E-state index >= 15 is 0 Å². The summed E-state index contributed by atoms with van der Waals surface area (Å²) in [6.45, 7) is 2.62. The van der Waals surface area contributed by atoms with Gasteiger partial charge in [0, 0.05) is 12.1 Å². The third-order valence-corrected chi connectivity index (χ3v) is 3.11. The van der Waals surface area contributed by atoms with Crippen molar-refractivity contribution in [2.45, 2.75) is 6.92 Å². The van der Waals surface area contributed by atoms with Gasteiger partial charge >= 0.3 is 5.97 Å². The first kappa shape index (κ1) is 11.5. The molecule has 19 heavy (non-hydrogen) atoms. The summed E-state index contributed by atoms with van der Waals surface area (Å²) in [6.07, 6.45) is 3.38. The predicted molar refractivity (Wildman–Crippen MR) is 72.2 cm³/mol. The van der Waals surface area contributed by atoms with Crippen LogP contribution in [0.1, 0.15) is 21.5 Å². The topological polar surface area (TPSA) is 67.2 Å². The molecule has 5 nitrogen and oxygen atoms in total. The molecule has 2 heterocycles. The predicted octanol–water partition coefficient (Wildman–Crippen LogP) is 2.20. The number of carbonyl (C=O) groups is 1. The third-order valence-electron chi connectivity index (χ3n) is 3.11. The van der Waals surface area contributed by atoms with Gasteiger partial charge in [0.05, 0.1) is 11.9 Å². The van der Waals surface area contributed by atoms with E-state index in [2.05, 4.69) is 16.5 Å². The van der Waals surface area contributed by atoms with Gasteiger partial charge in [0.2, 0.25) is 0 Å². The number of aromatic carboxylic acids is 1. The molecule has 0 atom stereocenters. The van der Waals surface area contributed by atoms with Gasteiger partial charge in [0.15, 0.2) is 0 Å². The molecule has 2 aromatic rings. The fourth-order valence-corrected chi connectivity index (χ4v) is 2.23. The minimum Gasteiger partial charge on any atom is -0.477 e. The Kier molecular flexibility index (Phi) is 2.59. The first-order chi connectivity index (χ1) is 9.16. The maximum absolute atomic E-state index is 11.1. The van der Waals surface area contributed by atoms with Gasteiger partial charge in [-0.15, -0.1) is 0 Å². The minimum absolute atomic E-state index is 0.193. The SMILES string of the molecule is Cc1cccc(C2=CCNc3c(C(=O)O)cnn32)c1. The molecule has 1 aromatic carbocycles. The number of fused-ring (bicyclic) bond motifs is 1. The second kappa shape index (κ2) is 4.28. The molecule has 0 unspecified atom stereocenters. The highest BCUT2D eigenvalue weighted by molar-refractivity contribution is 5.94. The van der Waals surface area contributed by atoms with E-state index in [0.717, 1.165) is 16.8 Å². The lowest BCUT2D eigenvalue weighted by atomic mass is 10.1. The van der Waals surface area contributed by atoms with Gasteiger partial charge < -0.3 is 10.4 Å². The molecule has 1 aliphatic heterocycles. The molecule has 0 saturated heterocycles. The molecule has 0 radical (unpaired) electrons. The largest absolute Gasteiger partial charge is 0.477 e. The molecule has 0 saturated carbocycles. The Bertz CT molecular complexity index is 686. The fourth-order valence-electron chi connectivity index (χ4n) is 2.23. The van der Waals surface area contributed by atoms with Gasteiger partial charge in [0.1, 0.15) is 11.4 Å². The highest BCUT2D eigenvalue weighted by Crippen LogP contribution is 2.27. The molecule has 0 bridgehead atoms. The van der Waals surface area contributed by atoms with Crippen LogP contribution in [0.25, 0.3) is 5.70 Å². The lowest BCUT2D eigenvalue weighted by molar-refractivity contribution is 0.0698. The van der Waals surface area contributed by atoms with Gasteiger partial charge in [-0.2, -0.15) is 5.10 Å². The molecule has 96 valence electrons. The standard InChI is InChI=1S/C14H13N3O2/c1-9-3-2-4-10(7-9)12-5-6-15-13-11(14(18)19)8-16-17(12)13/h2-5,7-8,15H,6H2,1H3,(H,18,19). The number of nitrogens with zero attached hydrogens (tertiary/aromatic N) is 2. The average Bonchev–Trinajstić information content (AvgIpc) is 2.82. The van der Waals surface area contributed by atoms with Crippen LogP contribution in [0.15, 0.2) is 36.5 Å². The van der Waals surface area contributed by atoms with Crippen molar-refractivity contribution >= 4 is 17.5 Å². The maximum Gasteiger partial charge on any atom is 0.341 e. The molecule has 0 spiro atoms. The van der Waals surface area contributed by atoms with Crippen molar-refractivity contribution < 1.29 is 9.90 Å². The van der Waals surface area contributed by atoms with Crippen LogP contribution in [-0.2, 0) is 0 Å². The normalized spacial score (nSPS) is 13.4. The van der Waals surface area contributed by atoms with E-state index in [1.165, 1.54) is 6.20 Å².